The van der Waals surface area contributed by atoms with Crippen LogP contribution in [0.4, 0.5) is 5.69 Å². The molecule has 0 aliphatic heterocycles. The van der Waals surface area contributed by atoms with Crippen LogP contribution < -0.4 is 4.74 Å². The number of aryl methyl sites for hydroxylation is 2. The number of hydrogen-bond donors (Lipinski definition) is 0. The molecule has 0 saturated heterocycles. The molecular weight excluding hydrogens is 248 g/mol. The lowest BCUT2D eigenvalue weighted by Gasteiger charge is -2.08. The molecule has 0 aliphatic rings. The van der Waals surface area contributed by atoms with Gasteiger partial charge in [-0.2, -0.15) is 0 Å². The monoisotopic (exact) mass is 262 g/mol. The minimum Gasteiger partial charge on any atom is -0.488 e. The Morgan fingerprint density at radius 3 is 2.68 bits per heavy atom. The molecule has 0 aliphatic carbocycles. The van der Waals surface area contributed by atoms with Gasteiger partial charge in [-0.1, -0.05) is 11.2 Å². The first-order chi connectivity index (χ1) is 9.00. The van der Waals surface area contributed by atoms with Crippen molar-refractivity contribution in [1.82, 2.24) is 5.16 Å². The Morgan fingerprint density at radius 2 is 2.11 bits per heavy atom. The van der Waals surface area contributed by atoms with Crippen molar-refractivity contribution in [3.05, 3.63) is 50.9 Å². The predicted molar refractivity (Wildman–Crippen MR) is 68.1 cm³/mol. The highest BCUT2D eigenvalue weighted by Gasteiger charge is 2.15. The maximum absolute atomic E-state index is 10.8. The number of nitrogens with zero attached hydrogens (tertiary/aromatic N) is 2. The van der Waals surface area contributed by atoms with Crippen molar-refractivity contribution in [2.45, 2.75) is 27.4 Å². The number of nitro benzene ring substituents is 1. The summed E-state index contributed by atoms with van der Waals surface area (Å²) in [5.41, 5.74) is 2.20. The van der Waals surface area contributed by atoms with E-state index >= 15 is 0 Å². The van der Waals surface area contributed by atoms with Gasteiger partial charge in [0, 0.05) is 6.07 Å². The van der Waals surface area contributed by atoms with Crippen LogP contribution in [0.1, 0.15) is 22.6 Å². The Hall–Kier alpha value is -2.37. The van der Waals surface area contributed by atoms with Crippen molar-refractivity contribution >= 4 is 5.69 Å². The Bertz CT molecular complexity index is 600. The van der Waals surface area contributed by atoms with Gasteiger partial charge in [-0.3, -0.25) is 10.1 Å². The lowest BCUT2D eigenvalue weighted by atomic mass is 10.2. The fourth-order valence-corrected chi connectivity index (χ4v) is 1.81. The van der Waals surface area contributed by atoms with Crippen molar-refractivity contribution in [3.63, 3.8) is 0 Å². The van der Waals surface area contributed by atoms with Crippen LogP contribution in [-0.2, 0) is 6.61 Å². The lowest BCUT2D eigenvalue weighted by Crippen LogP contribution is -2.01. The molecule has 0 unspecified atom stereocenters. The largest absolute Gasteiger partial charge is 0.488 e. The first kappa shape index (κ1) is 13.1. The van der Waals surface area contributed by atoms with Gasteiger partial charge < -0.3 is 9.26 Å². The first-order valence-electron chi connectivity index (χ1n) is 5.79. The summed E-state index contributed by atoms with van der Waals surface area (Å²) in [6.45, 7) is 5.58. The minimum absolute atomic E-state index is 0.0521. The fraction of sp³-hybridized carbons (Fsp3) is 0.308. The molecular formula is C13H14N2O4. The quantitative estimate of drug-likeness (QED) is 0.625. The van der Waals surface area contributed by atoms with E-state index in [0.717, 1.165) is 11.3 Å². The van der Waals surface area contributed by atoms with E-state index in [1.807, 2.05) is 6.92 Å². The van der Waals surface area contributed by atoms with Crippen molar-refractivity contribution in [2.24, 2.45) is 0 Å². The summed E-state index contributed by atoms with van der Waals surface area (Å²) in [6, 6.07) is 4.77. The molecule has 1 heterocycles. The molecule has 0 amide bonds. The molecule has 0 bridgehead atoms. The van der Waals surface area contributed by atoms with Crippen LogP contribution in [0.25, 0.3) is 0 Å². The van der Waals surface area contributed by atoms with Crippen molar-refractivity contribution < 1.29 is 14.2 Å². The minimum atomic E-state index is -0.419. The molecule has 0 radical (unpaired) electrons. The summed E-state index contributed by atoms with van der Waals surface area (Å²) >= 11 is 0. The van der Waals surface area contributed by atoms with E-state index in [1.165, 1.54) is 6.07 Å². The molecule has 6 heteroatoms. The molecule has 100 valence electrons. The zero-order valence-corrected chi connectivity index (χ0v) is 11.0. The Morgan fingerprint density at radius 1 is 1.37 bits per heavy atom. The molecule has 6 nitrogen and oxygen atoms in total. The summed E-state index contributed by atoms with van der Waals surface area (Å²) in [5.74, 6) is 1.19. The van der Waals surface area contributed by atoms with E-state index < -0.39 is 4.92 Å². The van der Waals surface area contributed by atoms with Crippen molar-refractivity contribution in [2.75, 3.05) is 0 Å². The second-order valence-corrected chi connectivity index (χ2v) is 4.25. The summed E-state index contributed by atoms with van der Waals surface area (Å²) in [7, 11) is 0. The van der Waals surface area contributed by atoms with Gasteiger partial charge in [-0.05, 0) is 26.8 Å². The van der Waals surface area contributed by atoms with Gasteiger partial charge in [0.1, 0.15) is 18.1 Å². The third-order valence-corrected chi connectivity index (χ3v) is 3.01. The Balaban J connectivity index is 2.21. The summed E-state index contributed by atoms with van der Waals surface area (Å²) in [6.07, 6.45) is 0. The van der Waals surface area contributed by atoms with E-state index in [-0.39, 0.29) is 12.3 Å². The highest BCUT2D eigenvalue weighted by molar-refractivity contribution is 5.48. The van der Waals surface area contributed by atoms with Crippen LogP contribution in [-0.4, -0.2) is 10.1 Å². The first-order valence-corrected chi connectivity index (χ1v) is 5.79. The predicted octanol–water partition coefficient (Wildman–Crippen LogP) is 3.09. The second-order valence-electron chi connectivity index (χ2n) is 4.25. The highest BCUT2D eigenvalue weighted by atomic mass is 16.6. The topological polar surface area (TPSA) is 78.4 Å². The van der Waals surface area contributed by atoms with Crippen molar-refractivity contribution in [1.29, 1.82) is 0 Å². The number of benzene rings is 1. The van der Waals surface area contributed by atoms with Gasteiger partial charge in [0.25, 0.3) is 5.69 Å². The summed E-state index contributed by atoms with van der Waals surface area (Å²) in [5, 5.41) is 14.7. The van der Waals surface area contributed by atoms with Crippen LogP contribution >= 0.6 is 0 Å². The normalized spacial score (nSPS) is 10.5. The average molecular weight is 262 g/mol. The van der Waals surface area contributed by atoms with Gasteiger partial charge in [0.15, 0.2) is 0 Å². The maximum Gasteiger partial charge on any atom is 0.276 e. The Kier molecular flexibility index (Phi) is 3.50. The zero-order valence-electron chi connectivity index (χ0n) is 11.0. The maximum atomic E-state index is 10.8. The molecule has 0 spiro atoms. The Labute approximate surface area is 110 Å². The number of nitro groups is 1. The third kappa shape index (κ3) is 2.57. The molecule has 2 rings (SSSR count). The zero-order chi connectivity index (χ0) is 14.0. The number of hydrogen-bond acceptors (Lipinski definition) is 5. The van der Waals surface area contributed by atoms with Gasteiger partial charge in [-0.25, -0.2) is 0 Å². The van der Waals surface area contributed by atoms with Crippen LogP contribution in [0, 0.1) is 30.9 Å². The summed E-state index contributed by atoms with van der Waals surface area (Å²) < 4.78 is 10.7. The van der Waals surface area contributed by atoms with E-state index in [0.29, 0.717) is 17.1 Å². The second kappa shape index (κ2) is 5.09. The van der Waals surface area contributed by atoms with E-state index in [2.05, 4.69) is 5.16 Å². The third-order valence-electron chi connectivity index (χ3n) is 3.01. The fourth-order valence-electron chi connectivity index (χ4n) is 1.81. The van der Waals surface area contributed by atoms with Crippen LogP contribution in [0.15, 0.2) is 22.7 Å². The van der Waals surface area contributed by atoms with Gasteiger partial charge in [0.05, 0.1) is 21.7 Å². The van der Waals surface area contributed by atoms with E-state index in [9.17, 15) is 10.1 Å². The van der Waals surface area contributed by atoms with Gasteiger partial charge in [0.2, 0.25) is 0 Å². The number of rotatable bonds is 4. The highest BCUT2D eigenvalue weighted by Crippen LogP contribution is 2.28. The van der Waals surface area contributed by atoms with Gasteiger partial charge in [-0.15, -0.1) is 0 Å². The lowest BCUT2D eigenvalue weighted by molar-refractivity contribution is -0.385. The molecule has 2 aromatic rings. The van der Waals surface area contributed by atoms with Crippen LogP contribution in [0.2, 0.25) is 0 Å². The number of aromatic nitrogens is 1. The molecule has 0 N–H and O–H groups in total. The van der Waals surface area contributed by atoms with Crippen LogP contribution in [0.3, 0.4) is 0 Å². The van der Waals surface area contributed by atoms with Gasteiger partial charge >= 0.3 is 0 Å². The summed E-state index contributed by atoms with van der Waals surface area (Å²) in [4.78, 5) is 10.4. The molecule has 19 heavy (non-hydrogen) atoms. The molecule has 0 saturated carbocycles. The SMILES string of the molecule is Cc1noc(C)c1COc1cccc([N+](=O)[O-])c1C. The number of ether oxygens (including phenoxy) is 1. The van der Waals surface area contributed by atoms with Crippen LogP contribution in [0.5, 0.6) is 5.75 Å². The average Bonchev–Trinajstić information content (AvgIpc) is 2.68. The van der Waals surface area contributed by atoms with E-state index in [4.69, 9.17) is 9.26 Å². The standard InChI is InChI=1S/C13H14N2O4/c1-8-12(15(16)17)5-4-6-13(8)18-7-11-9(2)14-19-10(11)3/h4-6H,7H2,1-3H3. The molecule has 1 aromatic heterocycles. The van der Waals surface area contributed by atoms with Crippen molar-refractivity contribution in [3.8, 4) is 5.75 Å². The molecule has 1 aromatic carbocycles. The molecule has 0 atom stereocenters. The van der Waals surface area contributed by atoms with E-state index in [1.54, 1.807) is 26.0 Å². The molecule has 0 fully saturated rings. The smallest absolute Gasteiger partial charge is 0.276 e.